The molecule has 1 aromatic heterocycles. The predicted molar refractivity (Wildman–Crippen MR) is 129 cm³/mol. The number of esters is 1. The van der Waals surface area contributed by atoms with Gasteiger partial charge in [0.25, 0.3) is 0 Å². The average Bonchev–Trinajstić information content (AvgIpc) is 3.38. The lowest BCUT2D eigenvalue weighted by Crippen LogP contribution is -2.36. The highest BCUT2D eigenvalue weighted by Gasteiger charge is 2.26. The van der Waals surface area contributed by atoms with Crippen molar-refractivity contribution < 1.29 is 23.5 Å². The van der Waals surface area contributed by atoms with E-state index in [-0.39, 0.29) is 18.0 Å². The van der Waals surface area contributed by atoms with Crippen molar-refractivity contribution >= 4 is 23.0 Å². The Kier molecular flexibility index (Phi) is 6.30. The second kappa shape index (κ2) is 9.85. The van der Waals surface area contributed by atoms with Gasteiger partial charge in [-0.2, -0.15) is 0 Å². The Morgan fingerprint density at radius 3 is 2.40 bits per heavy atom. The molecule has 1 aliphatic rings. The van der Waals surface area contributed by atoms with Gasteiger partial charge in [-0.3, -0.25) is 0 Å². The van der Waals surface area contributed by atoms with E-state index in [0.717, 1.165) is 41.3 Å². The van der Waals surface area contributed by atoms with Crippen LogP contribution in [-0.2, 0) is 29.0 Å². The highest BCUT2D eigenvalue weighted by atomic mass is 16.6. The number of aryl methyl sites for hydroxylation is 1. The highest BCUT2D eigenvalue weighted by molar-refractivity contribution is 5.87. The third kappa shape index (κ3) is 4.94. The molecule has 0 radical (unpaired) electrons. The number of hydrogen-bond donors (Lipinski definition) is 1. The molecule has 0 saturated carbocycles. The first-order chi connectivity index (χ1) is 17.1. The number of carbonyl (C=O) groups is 2. The summed E-state index contributed by atoms with van der Waals surface area (Å²) in [7, 11) is 0. The topological polar surface area (TPSA) is 94.8 Å². The van der Waals surface area contributed by atoms with Gasteiger partial charge in [0.15, 0.2) is 6.04 Å². The molecule has 5 rings (SSSR count). The summed E-state index contributed by atoms with van der Waals surface area (Å²) in [6.07, 6.45) is 1.71. The van der Waals surface area contributed by atoms with Crippen LogP contribution < -0.4 is 15.7 Å². The Hall–Kier alpha value is -4.39. The minimum absolute atomic E-state index is 0.0667. The number of hydrogen-bond acceptors (Lipinski definition) is 6. The van der Waals surface area contributed by atoms with Gasteiger partial charge in [-0.1, -0.05) is 60.7 Å². The van der Waals surface area contributed by atoms with Crippen LogP contribution in [0.2, 0.25) is 0 Å². The van der Waals surface area contributed by atoms with Crippen LogP contribution in [-0.4, -0.2) is 12.1 Å². The number of fused-ring (bicyclic) bond motifs is 3. The number of nitrogens with one attached hydrogen (secondary N) is 1. The predicted octanol–water partition coefficient (Wildman–Crippen LogP) is 4.85. The van der Waals surface area contributed by atoms with Crippen LogP contribution >= 0.6 is 0 Å². The van der Waals surface area contributed by atoms with E-state index < -0.39 is 18.1 Å². The van der Waals surface area contributed by atoms with Gasteiger partial charge in [0.1, 0.15) is 17.9 Å². The SMILES string of the molecule is O=C(N[C@@H](C(=O)Oc1ccc2c3c(c(=O)oc2c1)CCC3)c1ccccc1)OCc1ccccc1. The Morgan fingerprint density at radius 2 is 1.63 bits per heavy atom. The van der Waals surface area contributed by atoms with Crippen molar-refractivity contribution in [2.45, 2.75) is 31.9 Å². The molecule has 0 saturated heterocycles. The van der Waals surface area contributed by atoms with Crippen LogP contribution in [0.3, 0.4) is 0 Å². The molecule has 176 valence electrons. The van der Waals surface area contributed by atoms with Crippen molar-refractivity contribution in [3.8, 4) is 5.75 Å². The van der Waals surface area contributed by atoms with Gasteiger partial charge in [0, 0.05) is 17.0 Å². The summed E-state index contributed by atoms with van der Waals surface area (Å²) in [4.78, 5) is 37.9. The van der Waals surface area contributed by atoms with Crippen LogP contribution in [0.25, 0.3) is 11.0 Å². The molecule has 1 amide bonds. The minimum Gasteiger partial charge on any atom is -0.445 e. The van der Waals surface area contributed by atoms with E-state index in [1.54, 1.807) is 36.4 Å². The molecule has 0 fully saturated rings. The minimum atomic E-state index is -1.10. The summed E-state index contributed by atoms with van der Waals surface area (Å²) in [5.41, 5.74) is 3.11. The van der Waals surface area contributed by atoms with E-state index in [1.165, 1.54) is 6.07 Å². The molecule has 1 aliphatic carbocycles. The molecule has 7 nitrogen and oxygen atoms in total. The molecule has 0 unspecified atom stereocenters. The second-order valence-electron chi connectivity index (χ2n) is 8.33. The summed E-state index contributed by atoms with van der Waals surface area (Å²) in [5.74, 6) is -0.486. The van der Waals surface area contributed by atoms with Crippen LogP contribution in [0, 0.1) is 0 Å². The maximum absolute atomic E-state index is 13.1. The molecule has 7 heteroatoms. The second-order valence-corrected chi connectivity index (χ2v) is 8.33. The quantitative estimate of drug-likeness (QED) is 0.246. The molecule has 1 N–H and O–H groups in total. The smallest absolute Gasteiger partial charge is 0.408 e. The van der Waals surface area contributed by atoms with E-state index >= 15 is 0 Å². The first-order valence-corrected chi connectivity index (χ1v) is 11.4. The molecule has 1 heterocycles. The fraction of sp³-hybridized carbons (Fsp3) is 0.179. The normalized spacial score (nSPS) is 13.1. The highest BCUT2D eigenvalue weighted by Crippen LogP contribution is 2.30. The van der Waals surface area contributed by atoms with Crippen molar-refractivity contribution in [2.24, 2.45) is 0 Å². The van der Waals surface area contributed by atoms with Crippen LogP contribution in [0.15, 0.2) is 88.1 Å². The number of carbonyl (C=O) groups excluding carboxylic acids is 2. The monoisotopic (exact) mass is 469 g/mol. The summed E-state index contributed by atoms with van der Waals surface area (Å²) in [6, 6.07) is 21.9. The van der Waals surface area contributed by atoms with Crippen molar-refractivity contribution in [3.63, 3.8) is 0 Å². The standard InChI is InChI=1S/C28H23NO6/c30-26-23-13-7-12-21(23)22-15-14-20(16-24(22)35-26)34-27(31)25(19-10-5-2-6-11-19)29-28(32)33-17-18-8-3-1-4-9-18/h1-6,8-11,14-16,25H,7,12-13,17H2,(H,29,32)/t25-/m1/s1. The lowest BCUT2D eigenvalue weighted by Gasteiger charge is -2.18. The zero-order chi connectivity index (χ0) is 24.2. The number of alkyl carbamates (subject to hydrolysis) is 1. The fourth-order valence-corrected chi connectivity index (χ4v) is 4.31. The first kappa shape index (κ1) is 22.4. The van der Waals surface area contributed by atoms with Crippen molar-refractivity contribution in [3.05, 3.63) is 112 Å². The molecular formula is C28H23NO6. The average molecular weight is 469 g/mol. The van der Waals surface area contributed by atoms with Gasteiger partial charge in [0.05, 0.1) is 0 Å². The fourth-order valence-electron chi connectivity index (χ4n) is 4.31. The summed E-state index contributed by atoms with van der Waals surface area (Å²) >= 11 is 0. The summed E-state index contributed by atoms with van der Waals surface area (Å²) in [5, 5.41) is 3.44. The molecule has 35 heavy (non-hydrogen) atoms. The first-order valence-electron chi connectivity index (χ1n) is 11.4. The van der Waals surface area contributed by atoms with E-state index in [0.29, 0.717) is 11.1 Å². The van der Waals surface area contributed by atoms with Crippen LogP contribution in [0.1, 0.15) is 34.7 Å². The van der Waals surface area contributed by atoms with Gasteiger partial charge in [0.2, 0.25) is 0 Å². The number of ether oxygens (including phenoxy) is 2. The van der Waals surface area contributed by atoms with Gasteiger partial charge < -0.3 is 19.2 Å². The van der Waals surface area contributed by atoms with Gasteiger partial charge in [-0.05, 0) is 48.1 Å². The largest absolute Gasteiger partial charge is 0.445 e. The van der Waals surface area contributed by atoms with Gasteiger partial charge in [-0.15, -0.1) is 0 Å². The Bertz CT molecular complexity index is 1430. The number of amides is 1. The van der Waals surface area contributed by atoms with Gasteiger partial charge in [-0.25, -0.2) is 14.4 Å². The Labute approximate surface area is 201 Å². The zero-order valence-electron chi connectivity index (χ0n) is 18.9. The molecule has 4 aromatic rings. The van der Waals surface area contributed by atoms with Crippen LogP contribution in [0.4, 0.5) is 4.79 Å². The number of benzene rings is 3. The van der Waals surface area contributed by atoms with Crippen molar-refractivity contribution in [1.82, 2.24) is 5.32 Å². The Morgan fingerprint density at radius 1 is 0.914 bits per heavy atom. The number of rotatable bonds is 6. The summed E-state index contributed by atoms with van der Waals surface area (Å²) in [6.45, 7) is 0.0667. The van der Waals surface area contributed by atoms with Crippen LogP contribution in [0.5, 0.6) is 5.75 Å². The Balaban J connectivity index is 1.35. The van der Waals surface area contributed by atoms with E-state index in [1.807, 2.05) is 36.4 Å². The lowest BCUT2D eigenvalue weighted by atomic mass is 10.1. The zero-order valence-corrected chi connectivity index (χ0v) is 18.9. The molecule has 3 aromatic carbocycles. The van der Waals surface area contributed by atoms with E-state index in [2.05, 4.69) is 5.32 Å². The maximum atomic E-state index is 13.1. The van der Waals surface area contributed by atoms with Crippen molar-refractivity contribution in [2.75, 3.05) is 0 Å². The molecular weight excluding hydrogens is 446 g/mol. The molecule has 0 bridgehead atoms. The van der Waals surface area contributed by atoms with E-state index in [9.17, 15) is 14.4 Å². The third-order valence-corrected chi connectivity index (χ3v) is 6.01. The van der Waals surface area contributed by atoms with Gasteiger partial charge >= 0.3 is 17.7 Å². The maximum Gasteiger partial charge on any atom is 0.408 e. The van der Waals surface area contributed by atoms with Crippen molar-refractivity contribution in [1.29, 1.82) is 0 Å². The lowest BCUT2D eigenvalue weighted by molar-refractivity contribution is -0.136. The third-order valence-electron chi connectivity index (χ3n) is 6.01. The summed E-state index contributed by atoms with van der Waals surface area (Å²) < 4.78 is 16.4. The molecule has 0 aliphatic heterocycles. The molecule has 0 spiro atoms. The van der Waals surface area contributed by atoms with E-state index in [4.69, 9.17) is 13.9 Å². The molecule has 1 atom stereocenters.